The number of piperidine rings is 1. The van der Waals surface area contributed by atoms with Crippen molar-refractivity contribution in [2.24, 2.45) is 5.41 Å². The van der Waals surface area contributed by atoms with Gasteiger partial charge in [-0.2, -0.15) is 0 Å². The summed E-state index contributed by atoms with van der Waals surface area (Å²) in [5.41, 5.74) is -0.00105. The summed E-state index contributed by atoms with van der Waals surface area (Å²) < 4.78 is 0.623. The van der Waals surface area contributed by atoms with E-state index >= 15 is 0 Å². The quantitative estimate of drug-likeness (QED) is 0.856. The Bertz CT molecular complexity index is 588. The molecule has 0 aromatic heterocycles. The lowest BCUT2D eigenvalue weighted by Crippen LogP contribution is -2.56. The smallest absolute Gasteiger partial charge is 0.326 e. The highest BCUT2D eigenvalue weighted by Crippen LogP contribution is 2.36. The molecule has 0 radical (unpaired) electrons. The molecular weight excluding hydrogens is 358 g/mol. The molecule has 1 N–H and O–H groups in total. The van der Waals surface area contributed by atoms with E-state index in [0.717, 1.165) is 12.8 Å². The normalized spacial score (nSPS) is 21.1. The number of rotatable bonds is 2. The molecular formula is C15H17BrClNO3. The molecule has 4 nitrogen and oxygen atoms in total. The van der Waals surface area contributed by atoms with Crippen LogP contribution in [-0.2, 0) is 4.79 Å². The number of nitrogens with zero attached hydrogens (tertiary/aromatic N) is 1. The van der Waals surface area contributed by atoms with Crippen molar-refractivity contribution in [3.05, 3.63) is 33.3 Å². The third kappa shape index (κ3) is 3.24. The topological polar surface area (TPSA) is 57.6 Å². The van der Waals surface area contributed by atoms with Crippen LogP contribution in [0.3, 0.4) is 0 Å². The molecule has 1 heterocycles. The summed E-state index contributed by atoms with van der Waals surface area (Å²) in [6, 6.07) is 4.07. The number of carboxylic acids is 1. The maximum Gasteiger partial charge on any atom is 0.326 e. The molecule has 1 saturated heterocycles. The maximum atomic E-state index is 12.7. The number of halogens is 2. The van der Waals surface area contributed by atoms with E-state index in [1.807, 2.05) is 13.8 Å². The first-order chi connectivity index (χ1) is 9.74. The van der Waals surface area contributed by atoms with E-state index in [2.05, 4.69) is 15.9 Å². The van der Waals surface area contributed by atoms with E-state index in [1.165, 1.54) is 4.90 Å². The van der Waals surface area contributed by atoms with E-state index < -0.39 is 17.4 Å². The van der Waals surface area contributed by atoms with Crippen molar-refractivity contribution in [2.75, 3.05) is 6.54 Å². The molecule has 6 heteroatoms. The number of benzene rings is 1. The first-order valence-electron chi connectivity index (χ1n) is 6.73. The molecule has 0 saturated carbocycles. The molecule has 0 aliphatic carbocycles. The molecule has 0 bridgehead atoms. The number of carbonyl (C=O) groups excluding carboxylic acids is 1. The van der Waals surface area contributed by atoms with Crippen LogP contribution in [0, 0.1) is 5.41 Å². The molecule has 1 fully saturated rings. The summed E-state index contributed by atoms with van der Waals surface area (Å²) in [5, 5.41) is 10.0. The van der Waals surface area contributed by atoms with Gasteiger partial charge in [0.1, 0.15) is 6.04 Å². The molecule has 1 aromatic rings. The number of aliphatic carboxylic acids is 1. The lowest BCUT2D eigenvalue weighted by atomic mass is 9.76. The van der Waals surface area contributed by atoms with Gasteiger partial charge in [0.2, 0.25) is 0 Å². The van der Waals surface area contributed by atoms with Crippen LogP contribution in [0.2, 0.25) is 5.02 Å². The zero-order valence-electron chi connectivity index (χ0n) is 11.9. The van der Waals surface area contributed by atoms with Crippen molar-refractivity contribution in [1.29, 1.82) is 0 Å². The third-order valence-corrected chi connectivity index (χ3v) is 5.15. The van der Waals surface area contributed by atoms with Crippen molar-refractivity contribution in [3.63, 3.8) is 0 Å². The monoisotopic (exact) mass is 373 g/mol. The minimum Gasteiger partial charge on any atom is -0.480 e. The van der Waals surface area contributed by atoms with Gasteiger partial charge in [-0.25, -0.2) is 4.79 Å². The minimum absolute atomic E-state index is 0.271. The van der Waals surface area contributed by atoms with Gasteiger partial charge in [-0.3, -0.25) is 4.79 Å². The number of carbonyl (C=O) groups is 2. The Kier molecular flexibility index (Phi) is 4.63. The van der Waals surface area contributed by atoms with Gasteiger partial charge < -0.3 is 10.0 Å². The number of hydrogen-bond donors (Lipinski definition) is 1. The van der Waals surface area contributed by atoms with Crippen LogP contribution in [-0.4, -0.2) is 34.5 Å². The Balaban J connectivity index is 2.35. The second kappa shape index (κ2) is 5.97. The van der Waals surface area contributed by atoms with Gasteiger partial charge in [0.25, 0.3) is 5.91 Å². The van der Waals surface area contributed by atoms with Crippen LogP contribution in [0.25, 0.3) is 0 Å². The number of likely N-dealkylation sites (tertiary alicyclic amines) is 1. The van der Waals surface area contributed by atoms with E-state index in [4.69, 9.17) is 11.6 Å². The highest BCUT2D eigenvalue weighted by molar-refractivity contribution is 9.10. The number of carboxylic acid groups (broad SMARTS) is 1. The standard InChI is InChI=1S/C15H17BrClNO3/c1-15(2)6-3-7-18(12(15)14(20)21)13(19)9-4-5-11(17)10(16)8-9/h4-5,8,12H,3,6-7H2,1-2H3,(H,20,21). The lowest BCUT2D eigenvalue weighted by molar-refractivity contribution is -0.148. The molecule has 1 aromatic carbocycles. The van der Waals surface area contributed by atoms with Crippen molar-refractivity contribution in [2.45, 2.75) is 32.7 Å². The first-order valence-corrected chi connectivity index (χ1v) is 7.90. The van der Waals surface area contributed by atoms with Crippen molar-refractivity contribution >= 4 is 39.4 Å². The fraction of sp³-hybridized carbons (Fsp3) is 0.467. The van der Waals surface area contributed by atoms with Crippen LogP contribution in [0.1, 0.15) is 37.0 Å². The predicted molar refractivity (Wildman–Crippen MR) is 84.6 cm³/mol. The van der Waals surface area contributed by atoms with Gasteiger partial charge in [-0.15, -0.1) is 0 Å². The summed E-state index contributed by atoms with van der Waals surface area (Å²) in [7, 11) is 0. The average Bonchev–Trinajstić information content (AvgIpc) is 2.39. The second-order valence-corrected chi connectivity index (χ2v) is 7.22. The van der Waals surface area contributed by atoms with Crippen LogP contribution in [0.15, 0.2) is 22.7 Å². The SMILES string of the molecule is CC1(C)CCCN(C(=O)c2ccc(Cl)c(Br)c2)C1C(=O)O. The molecule has 1 aliphatic heterocycles. The number of hydrogen-bond acceptors (Lipinski definition) is 2. The summed E-state index contributed by atoms with van der Waals surface area (Å²) in [6.07, 6.45) is 1.59. The first kappa shape index (κ1) is 16.3. The van der Waals surface area contributed by atoms with Crippen LogP contribution >= 0.6 is 27.5 Å². The van der Waals surface area contributed by atoms with Gasteiger partial charge >= 0.3 is 5.97 Å². The predicted octanol–water partition coefficient (Wildman–Crippen LogP) is 3.82. The largest absolute Gasteiger partial charge is 0.480 e. The molecule has 1 atom stereocenters. The Morgan fingerprint density at radius 2 is 2.10 bits per heavy atom. The van der Waals surface area contributed by atoms with Gasteiger partial charge in [-0.05, 0) is 52.4 Å². The Labute approximate surface area is 137 Å². The fourth-order valence-electron chi connectivity index (χ4n) is 2.87. The highest BCUT2D eigenvalue weighted by atomic mass is 79.9. The van der Waals surface area contributed by atoms with Gasteiger partial charge in [-0.1, -0.05) is 25.4 Å². The molecule has 1 aliphatic rings. The minimum atomic E-state index is -0.957. The van der Waals surface area contributed by atoms with Crippen LogP contribution in [0.5, 0.6) is 0 Å². The van der Waals surface area contributed by atoms with Crippen molar-refractivity contribution in [1.82, 2.24) is 4.90 Å². The Morgan fingerprint density at radius 1 is 1.43 bits per heavy atom. The number of amides is 1. The second-order valence-electron chi connectivity index (χ2n) is 5.96. The highest BCUT2D eigenvalue weighted by Gasteiger charge is 2.44. The third-order valence-electron chi connectivity index (χ3n) is 3.93. The van der Waals surface area contributed by atoms with Crippen molar-refractivity contribution in [3.8, 4) is 0 Å². The van der Waals surface area contributed by atoms with Gasteiger partial charge in [0.15, 0.2) is 0 Å². The lowest BCUT2D eigenvalue weighted by Gasteiger charge is -2.44. The van der Waals surface area contributed by atoms with E-state index in [1.54, 1.807) is 18.2 Å². The molecule has 0 spiro atoms. The Hall–Kier alpha value is -1.07. The van der Waals surface area contributed by atoms with Crippen molar-refractivity contribution < 1.29 is 14.7 Å². The molecule has 114 valence electrons. The Morgan fingerprint density at radius 3 is 2.67 bits per heavy atom. The summed E-state index contributed by atoms with van der Waals surface area (Å²) in [6.45, 7) is 4.24. The van der Waals surface area contributed by atoms with Gasteiger partial charge in [0.05, 0.1) is 5.02 Å². The summed E-state index contributed by atoms with van der Waals surface area (Å²) >= 11 is 9.22. The maximum absolute atomic E-state index is 12.7. The van der Waals surface area contributed by atoms with E-state index in [-0.39, 0.29) is 5.91 Å². The summed E-state index contributed by atoms with van der Waals surface area (Å²) in [4.78, 5) is 25.7. The van der Waals surface area contributed by atoms with Crippen LogP contribution < -0.4 is 0 Å². The van der Waals surface area contributed by atoms with E-state index in [0.29, 0.717) is 21.6 Å². The molecule has 2 rings (SSSR count). The average molecular weight is 375 g/mol. The summed E-state index contributed by atoms with van der Waals surface area (Å²) in [5.74, 6) is -1.23. The van der Waals surface area contributed by atoms with Gasteiger partial charge in [0, 0.05) is 16.6 Å². The zero-order chi connectivity index (χ0) is 15.8. The molecule has 21 heavy (non-hydrogen) atoms. The molecule has 1 unspecified atom stereocenters. The van der Waals surface area contributed by atoms with E-state index in [9.17, 15) is 14.7 Å². The zero-order valence-corrected chi connectivity index (χ0v) is 14.2. The molecule has 1 amide bonds. The fourth-order valence-corrected chi connectivity index (χ4v) is 3.37. The van der Waals surface area contributed by atoms with Crippen LogP contribution in [0.4, 0.5) is 0 Å².